The van der Waals surface area contributed by atoms with Crippen molar-refractivity contribution in [2.45, 2.75) is 52.4 Å². The first-order chi connectivity index (χ1) is 18.0. The van der Waals surface area contributed by atoms with E-state index in [4.69, 9.17) is 9.84 Å². The van der Waals surface area contributed by atoms with Gasteiger partial charge in [-0.2, -0.15) is 5.10 Å². The number of methoxy groups -OCH3 is 1. The van der Waals surface area contributed by atoms with E-state index in [-0.39, 0.29) is 17.6 Å². The molecule has 1 aromatic heterocycles. The first-order valence-electron chi connectivity index (χ1n) is 12.6. The van der Waals surface area contributed by atoms with E-state index >= 15 is 0 Å². The Labute approximate surface area is 222 Å². The third-order valence-corrected chi connectivity index (χ3v) is 5.89. The number of aromatic nitrogens is 2. The Hall–Kier alpha value is -3.95. The lowest BCUT2D eigenvalue weighted by atomic mass is 9.92. The maximum Gasteiger partial charge on any atom is 0.322 e. The van der Waals surface area contributed by atoms with Crippen molar-refractivity contribution in [3.05, 3.63) is 65.9 Å². The number of amides is 3. The average Bonchev–Trinajstić information content (AvgIpc) is 3.30. The van der Waals surface area contributed by atoms with Gasteiger partial charge in [-0.25, -0.2) is 18.3 Å². The van der Waals surface area contributed by atoms with Gasteiger partial charge in [0.1, 0.15) is 18.1 Å². The van der Waals surface area contributed by atoms with Crippen molar-refractivity contribution in [3.8, 4) is 11.4 Å². The van der Waals surface area contributed by atoms with E-state index in [0.29, 0.717) is 24.5 Å². The van der Waals surface area contributed by atoms with E-state index in [1.54, 1.807) is 23.9 Å². The van der Waals surface area contributed by atoms with Gasteiger partial charge in [-0.3, -0.25) is 4.79 Å². The lowest BCUT2D eigenvalue weighted by Crippen LogP contribution is -2.41. The number of rotatable bonds is 10. The Kier molecular flexibility index (Phi) is 9.44. The van der Waals surface area contributed by atoms with Crippen molar-refractivity contribution in [1.29, 1.82) is 0 Å². The fourth-order valence-corrected chi connectivity index (χ4v) is 3.69. The van der Waals surface area contributed by atoms with Crippen LogP contribution in [-0.4, -0.2) is 46.8 Å². The van der Waals surface area contributed by atoms with Crippen molar-refractivity contribution < 1.29 is 23.1 Å². The summed E-state index contributed by atoms with van der Waals surface area (Å²) in [6, 6.07) is 11.6. The third kappa shape index (κ3) is 7.53. The molecule has 10 heteroatoms. The molecule has 3 rings (SSSR count). The van der Waals surface area contributed by atoms with Gasteiger partial charge in [0.2, 0.25) is 5.91 Å². The number of ether oxygens (including phenoxy) is 1. The van der Waals surface area contributed by atoms with E-state index in [2.05, 4.69) is 10.6 Å². The summed E-state index contributed by atoms with van der Waals surface area (Å²) >= 11 is 0. The topological polar surface area (TPSA) is 88.5 Å². The van der Waals surface area contributed by atoms with Crippen LogP contribution in [0.25, 0.3) is 5.69 Å². The predicted molar refractivity (Wildman–Crippen MR) is 144 cm³/mol. The zero-order valence-electron chi connectivity index (χ0n) is 22.5. The summed E-state index contributed by atoms with van der Waals surface area (Å²) < 4.78 is 33.8. The van der Waals surface area contributed by atoms with Gasteiger partial charge in [0.15, 0.2) is 11.6 Å². The largest absolute Gasteiger partial charge is 0.497 e. The molecular formula is C28H35F2N5O3. The molecule has 1 heterocycles. The van der Waals surface area contributed by atoms with Crippen molar-refractivity contribution in [1.82, 2.24) is 14.7 Å². The fourth-order valence-electron chi connectivity index (χ4n) is 3.69. The monoisotopic (exact) mass is 527 g/mol. The molecule has 0 spiro atoms. The minimum absolute atomic E-state index is 0.0993. The van der Waals surface area contributed by atoms with Crippen molar-refractivity contribution in [2.24, 2.45) is 0 Å². The summed E-state index contributed by atoms with van der Waals surface area (Å²) in [5.74, 6) is -1.35. The molecule has 0 aliphatic carbocycles. The van der Waals surface area contributed by atoms with E-state index in [1.807, 2.05) is 45.9 Å². The van der Waals surface area contributed by atoms with Crippen molar-refractivity contribution >= 4 is 23.4 Å². The van der Waals surface area contributed by atoms with Crippen LogP contribution >= 0.6 is 0 Å². The Bertz CT molecular complexity index is 1250. The standard InChI is InChI=1S/C28H35F2N5O3/c1-6-7-8-15-34(27(37)31-19-9-14-22(29)23(30)16-19)18-26(36)32-25-17-24(28(2,3)4)33-35(25)20-10-12-21(38-5)13-11-20/h9-14,16-17H,6-8,15,18H2,1-5H3,(H,31,37)(H,32,36). The predicted octanol–water partition coefficient (Wildman–Crippen LogP) is 6.12. The van der Waals surface area contributed by atoms with Crippen LogP contribution in [0.15, 0.2) is 48.5 Å². The molecule has 0 aliphatic rings. The Morgan fingerprint density at radius 1 is 1.00 bits per heavy atom. The molecule has 204 valence electrons. The molecule has 2 aromatic carbocycles. The van der Waals surface area contributed by atoms with Gasteiger partial charge in [0, 0.05) is 29.8 Å². The number of carbonyl (C=O) groups excluding carboxylic acids is 2. The number of nitrogens with one attached hydrogen (secondary N) is 2. The molecular weight excluding hydrogens is 492 g/mol. The highest BCUT2D eigenvalue weighted by Gasteiger charge is 2.23. The molecule has 8 nitrogen and oxygen atoms in total. The minimum Gasteiger partial charge on any atom is -0.497 e. The van der Waals surface area contributed by atoms with Gasteiger partial charge in [0.25, 0.3) is 0 Å². The summed E-state index contributed by atoms with van der Waals surface area (Å²) in [5.41, 5.74) is 1.34. The molecule has 0 saturated carbocycles. The molecule has 0 radical (unpaired) electrons. The third-order valence-electron chi connectivity index (χ3n) is 5.89. The lowest BCUT2D eigenvalue weighted by molar-refractivity contribution is -0.116. The first kappa shape index (κ1) is 28.6. The molecule has 0 saturated heterocycles. The minimum atomic E-state index is -1.07. The second-order valence-electron chi connectivity index (χ2n) is 10.0. The van der Waals surface area contributed by atoms with Gasteiger partial charge in [-0.1, -0.05) is 40.5 Å². The smallest absolute Gasteiger partial charge is 0.322 e. The highest BCUT2D eigenvalue weighted by Crippen LogP contribution is 2.27. The van der Waals surface area contributed by atoms with Gasteiger partial charge in [0.05, 0.1) is 18.5 Å². The summed E-state index contributed by atoms with van der Waals surface area (Å²) in [5, 5.41) is 10.1. The summed E-state index contributed by atoms with van der Waals surface area (Å²) in [6.07, 6.45) is 2.49. The van der Waals surface area contributed by atoms with Crippen LogP contribution in [0.2, 0.25) is 0 Å². The van der Waals surface area contributed by atoms with E-state index in [9.17, 15) is 18.4 Å². The number of urea groups is 1. The molecule has 3 aromatic rings. The van der Waals surface area contributed by atoms with E-state index in [0.717, 1.165) is 36.4 Å². The number of anilines is 2. The Morgan fingerprint density at radius 2 is 1.71 bits per heavy atom. The van der Waals surface area contributed by atoms with Gasteiger partial charge in [-0.15, -0.1) is 0 Å². The number of carbonyl (C=O) groups is 2. The maximum atomic E-state index is 13.6. The number of hydrogen-bond donors (Lipinski definition) is 2. The molecule has 0 bridgehead atoms. The van der Waals surface area contributed by atoms with Crippen molar-refractivity contribution in [2.75, 3.05) is 30.8 Å². The Balaban J connectivity index is 1.81. The second kappa shape index (κ2) is 12.5. The Morgan fingerprint density at radius 3 is 2.32 bits per heavy atom. The van der Waals surface area contributed by atoms with Crippen LogP contribution < -0.4 is 15.4 Å². The van der Waals surface area contributed by atoms with Crippen LogP contribution in [-0.2, 0) is 10.2 Å². The molecule has 2 N–H and O–H groups in total. The van der Waals surface area contributed by atoms with Crippen LogP contribution in [0.1, 0.15) is 52.7 Å². The first-order valence-corrected chi connectivity index (χ1v) is 12.6. The van der Waals surface area contributed by atoms with Gasteiger partial charge in [-0.05, 0) is 42.8 Å². The molecule has 0 aliphatic heterocycles. The SMILES string of the molecule is CCCCCN(CC(=O)Nc1cc(C(C)(C)C)nn1-c1ccc(OC)cc1)C(=O)Nc1ccc(F)c(F)c1. The molecule has 3 amide bonds. The molecule has 38 heavy (non-hydrogen) atoms. The normalized spacial score (nSPS) is 11.2. The van der Waals surface area contributed by atoms with E-state index in [1.165, 1.54) is 11.0 Å². The maximum absolute atomic E-state index is 13.6. The summed E-state index contributed by atoms with van der Waals surface area (Å²) in [4.78, 5) is 27.5. The molecule has 0 atom stereocenters. The van der Waals surface area contributed by atoms with Gasteiger partial charge < -0.3 is 20.3 Å². The second-order valence-corrected chi connectivity index (χ2v) is 10.0. The lowest BCUT2D eigenvalue weighted by Gasteiger charge is -2.23. The molecule has 0 fully saturated rings. The average molecular weight is 528 g/mol. The summed E-state index contributed by atoms with van der Waals surface area (Å²) in [7, 11) is 1.58. The number of halogens is 2. The van der Waals surface area contributed by atoms with Crippen LogP contribution in [0.4, 0.5) is 25.1 Å². The quantitative estimate of drug-likeness (QED) is 0.311. The van der Waals surface area contributed by atoms with Crippen LogP contribution in [0.3, 0.4) is 0 Å². The summed E-state index contributed by atoms with van der Waals surface area (Å²) in [6.45, 7) is 8.19. The highest BCUT2D eigenvalue weighted by atomic mass is 19.2. The van der Waals surface area contributed by atoms with Crippen LogP contribution in [0.5, 0.6) is 5.75 Å². The number of hydrogen-bond acceptors (Lipinski definition) is 4. The zero-order valence-corrected chi connectivity index (χ0v) is 22.5. The number of nitrogens with zero attached hydrogens (tertiary/aromatic N) is 3. The number of benzene rings is 2. The molecule has 0 unspecified atom stereocenters. The zero-order chi connectivity index (χ0) is 27.9. The van der Waals surface area contributed by atoms with Gasteiger partial charge >= 0.3 is 6.03 Å². The van der Waals surface area contributed by atoms with Crippen LogP contribution in [0, 0.1) is 11.6 Å². The fraction of sp³-hybridized carbons (Fsp3) is 0.393. The number of unbranched alkanes of at least 4 members (excludes halogenated alkanes) is 2. The van der Waals surface area contributed by atoms with E-state index < -0.39 is 23.6 Å². The highest BCUT2D eigenvalue weighted by molar-refractivity contribution is 5.96. The van der Waals surface area contributed by atoms with Crippen molar-refractivity contribution in [3.63, 3.8) is 0 Å².